The minimum atomic E-state index is -0.144. The number of amides is 1. The van der Waals surface area contributed by atoms with Crippen molar-refractivity contribution in [3.05, 3.63) is 60.2 Å². The first-order chi connectivity index (χ1) is 10.2. The van der Waals surface area contributed by atoms with Gasteiger partial charge < -0.3 is 15.7 Å². The van der Waals surface area contributed by atoms with Gasteiger partial charge in [0.1, 0.15) is 0 Å². The zero-order valence-corrected chi connectivity index (χ0v) is 12.0. The number of benzene rings is 2. The number of para-hydroxylation sites is 2. The van der Waals surface area contributed by atoms with Crippen LogP contribution in [0.2, 0.25) is 0 Å². The molecule has 0 fully saturated rings. The van der Waals surface area contributed by atoms with Gasteiger partial charge >= 0.3 is 0 Å². The van der Waals surface area contributed by atoms with E-state index in [2.05, 4.69) is 10.6 Å². The summed E-state index contributed by atoms with van der Waals surface area (Å²) in [7, 11) is 0. The van der Waals surface area contributed by atoms with Crippen LogP contribution < -0.4 is 10.6 Å². The van der Waals surface area contributed by atoms with Crippen LogP contribution in [0.15, 0.2) is 54.6 Å². The molecule has 4 nitrogen and oxygen atoms in total. The van der Waals surface area contributed by atoms with Crippen LogP contribution in [-0.2, 0) is 0 Å². The fourth-order valence-electron chi connectivity index (χ4n) is 1.89. The normalized spacial score (nSPS) is 11.7. The lowest BCUT2D eigenvalue weighted by Gasteiger charge is -2.13. The van der Waals surface area contributed by atoms with E-state index in [1.807, 2.05) is 55.5 Å². The zero-order chi connectivity index (χ0) is 15.1. The molecule has 0 spiro atoms. The Bertz CT molecular complexity index is 584. The summed E-state index contributed by atoms with van der Waals surface area (Å²) in [5, 5.41) is 15.1. The van der Waals surface area contributed by atoms with Gasteiger partial charge in [-0.1, -0.05) is 37.3 Å². The average Bonchev–Trinajstić information content (AvgIpc) is 2.53. The van der Waals surface area contributed by atoms with Gasteiger partial charge in [0.15, 0.2) is 0 Å². The van der Waals surface area contributed by atoms with Crippen LogP contribution in [0.1, 0.15) is 17.3 Å². The maximum absolute atomic E-state index is 12.2. The van der Waals surface area contributed by atoms with E-state index in [1.54, 1.807) is 6.07 Å². The fourth-order valence-corrected chi connectivity index (χ4v) is 1.89. The third-order valence-corrected chi connectivity index (χ3v) is 3.15. The van der Waals surface area contributed by atoms with Gasteiger partial charge in [-0.15, -0.1) is 0 Å². The SMILES string of the molecule is CC(CO)CNC(=O)c1ccccc1Nc1ccccc1. The predicted octanol–water partition coefficient (Wildman–Crippen LogP) is 2.79. The molecule has 0 heterocycles. The second-order valence-electron chi connectivity index (χ2n) is 5.03. The Hall–Kier alpha value is -2.33. The molecule has 0 saturated heterocycles. The molecule has 0 aliphatic heterocycles. The maximum Gasteiger partial charge on any atom is 0.253 e. The first kappa shape index (κ1) is 15.1. The quantitative estimate of drug-likeness (QED) is 0.764. The van der Waals surface area contributed by atoms with Gasteiger partial charge in [-0.2, -0.15) is 0 Å². The van der Waals surface area contributed by atoms with E-state index < -0.39 is 0 Å². The van der Waals surface area contributed by atoms with E-state index in [-0.39, 0.29) is 18.4 Å². The summed E-state index contributed by atoms with van der Waals surface area (Å²) in [6, 6.07) is 17.1. The Balaban J connectivity index is 2.11. The highest BCUT2D eigenvalue weighted by Gasteiger charge is 2.11. The van der Waals surface area contributed by atoms with Crippen LogP contribution >= 0.6 is 0 Å². The summed E-state index contributed by atoms with van der Waals surface area (Å²) in [6.45, 7) is 2.40. The van der Waals surface area contributed by atoms with Crippen LogP contribution in [0.5, 0.6) is 0 Å². The van der Waals surface area contributed by atoms with Crippen molar-refractivity contribution in [2.75, 3.05) is 18.5 Å². The Morgan fingerprint density at radius 1 is 1.10 bits per heavy atom. The number of anilines is 2. The van der Waals surface area contributed by atoms with Crippen LogP contribution in [-0.4, -0.2) is 24.2 Å². The minimum Gasteiger partial charge on any atom is -0.396 e. The second-order valence-corrected chi connectivity index (χ2v) is 5.03. The molecule has 0 bridgehead atoms. The summed E-state index contributed by atoms with van der Waals surface area (Å²) < 4.78 is 0. The number of carbonyl (C=O) groups is 1. The van der Waals surface area contributed by atoms with E-state index in [1.165, 1.54) is 0 Å². The molecule has 0 saturated carbocycles. The van der Waals surface area contributed by atoms with Gasteiger partial charge in [0.2, 0.25) is 0 Å². The molecule has 2 rings (SSSR count). The summed E-state index contributed by atoms with van der Waals surface area (Å²) in [5.74, 6) is -0.0995. The van der Waals surface area contributed by atoms with Crippen molar-refractivity contribution in [3.8, 4) is 0 Å². The lowest BCUT2D eigenvalue weighted by molar-refractivity contribution is 0.0943. The fraction of sp³-hybridized carbons (Fsp3) is 0.235. The number of aliphatic hydroxyl groups is 1. The molecule has 1 amide bonds. The van der Waals surface area contributed by atoms with Crippen molar-refractivity contribution < 1.29 is 9.90 Å². The minimum absolute atomic E-state index is 0.0446. The second kappa shape index (κ2) is 7.45. The summed E-state index contributed by atoms with van der Waals surface area (Å²) in [4.78, 5) is 12.2. The smallest absolute Gasteiger partial charge is 0.253 e. The molecule has 3 N–H and O–H groups in total. The molecule has 1 atom stereocenters. The standard InChI is InChI=1S/C17H20N2O2/c1-13(12-20)11-18-17(21)15-9-5-6-10-16(15)19-14-7-3-2-4-8-14/h2-10,13,19-20H,11-12H2,1H3,(H,18,21). The van der Waals surface area contributed by atoms with E-state index in [4.69, 9.17) is 5.11 Å². The molecule has 4 heteroatoms. The first-order valence-electron chi connectivity index (χ1n) is 7.01. The predicted molar refractivity (Wildman–Crippen MR) is 84.7 cm³/mol. The molecule has 0 aliphatic carbocycles. The first-order valence-corrected chi connectivity index (χ1v) is 7.01. The Labute approximate surface area is 124 Å². The van der Waals surface area contributed by atoms with E-state index in [9.17, 15) is 4.79 Å². The van der Waals surface area contributed by atoms with Gasteiger partial charge in [-0.3, -0.25) is 4.79 Å². The van der Waals surface area contributed by atoms with Crippen LogP contribution in [0, 0.1) is 5.92 Å². The van der Waals surface area contributed by atoms with Crippen molar-refractivity contribution in [2.45, 2.75) is 6.92 Å². The Kier molecular flexibility index (Phi) is 5.35. The number of carbonyl (C=O) groups excluding carboxylic acids is 1. The molecule has 2 aromatic carbocycles. The highest BCUT2D eigenvalue weighted by molar-refractivity contribution is 6.00. The molecule has 0 aromatic heterocycles. The summed E-state index contributed by atoms with van der Waals surface area (Å²) >= 11 is 0. The Morgan fingerprint density at radius 3 is 2.48 bits per heavy atom. The third kappa shape index (κ3) is 4.33. The molecule has 1 unspecified atom stereocenters. The van der Waals surface area contributed by atoms with Crippen molar-refractivity contribution in [3.63, 3.8) is 0 Å². The zero-order valence-electron chi connectivity index (χ0n) is 12.0. The highest BCUT2D eigenvalue weighted by atomic mass is 16.3. The number of hydrogen-bond donors (Lipinski definition) is 3. The average molecular weight is 284 g/mol. The van der Waals surface area contributed by atoms with Crippen molar-refractivity contribution >= 4 is 17.3 Å². The molecular formula is C17H20N2O2. The molecule has 110 valence electrons. The maximum atomic E-state index is 12.2. The molecule has 0 radical (unpaired) electrons. The molecule has 2 aromatic rings. The summed E-state index contributed by atoms with van der Waals surface area (Å²) in [6.07, 6.45) is 0. The molecule has 0 aliphatic rings. The van der Waals surface area contributed by atoms with Crippen LogP contribution in [0.25, 0.3) is 0 Å². The van der Waals surface area contributed by atoms with Crippen molar-refractivity contribution in [1.29, 1.82) is 0 Å². The molecule has 21 heavy (non-hydrogen) atoms. The number of rotatable bonds is 6. The van der Waals surface area contributed by atoms with Gasteiger partial charge in [0.25, 0.3) is 5.91 Å². The Morgan fingerprint density at radius 2 is 1.76 bits per heavy atom. The lowest BCUT2D eigenvalue weighted by atomic mass is 10.1. The number of nitrogens with one attached hydrogen (secondary N) is 2. The van der Waals surface area contributed by atoms with Gasteiger partial charge in [-0.25, -0.2) is 0 Å². The van der Waals surface area contributed by atoms with E-state index in [0.717, 1.165) is 11.4 Å². The lowest BCUT2D eigenvalue weighted by Crippen LogP contribution is -2.29. The monoisotopic (exact) mass is 284 g/mol. The largest absolute Gasteiger partial charge is 0.396 e. The van der Waals surface area contributed by atoms with Gasteiger partial charge in [0.05, 0.1) is 11.3 Å². The van der Waals surface area contributed by atoms with Crippen LogP contribution in [0.3, 0.4) is 0 Å². The van der Waals surface area contributed by atoms with Gasteiger partial charge in [0, 0.05) is 18.8 Å². The van der Waals surface area contributed by atoms with Crippen molar-refractivity contribution in [2.24, 2.45) is 5.92 Å². The van der Waals surface area contributed by atoms with Crippen LogP contribution in [0.4, 0.5) is 11.4 Å². The third-order valence-electron chi connectivity index (χ3n) is 3.15. The van der Waals surface area contributed by atoms with E-state index in [0.29, 0.717) is 12.1 Å². The number of aliphatic hydroxyl groups excluding tert-OH is 1. The summed E-state index contributed by atoms with van der Waals surface area (Å²) in [5.41, 5.74) is 2.28. The molecular weight excluding hydrogens is 264 g/mol. The highest BCUT2D eigenvalue weighted by Crippen LogP contribution is 2.20. The van der Waals surface area contributed by atoms with Gasteiger partial charge in [-0.05, 0) is 30.2 Å². The number of hydrogen-bond acceptors (Lipinski definition) is 3. The topological polar surface area (TPSA) is 61.4 Å². The van der Waals surface area contributed by atoms with Crippen molar-refractivity contribution in [1.82, 2.24) is 5.32 Å². The van der Waals surface area contributed by atoms with E-state index >= 15 is 0 Å².